The Labute approximate surface area is 130 Å². The first kappa shape index (κ1) is 15.8. The summed E-state index contributed by atoms with van der Waals surface area (Å²) in [5.74, 6) is 0.294. The van der Waals surface area contributed by atoms with Crippen molar-refractivity contribution in [2.75, 3.05) is 0 Å². The van der Waals surface area contributed by atoms with Crippen LogP contribution in [0.15, 0.2) is 53.6 Å². The van der Waals surface area contributed by atoms with Gasteiger partial charge in [-0.15, -0.1) is 0 Å². The number of amides is 1. The molecule has 2 N–H and O–H groups in total. The van der Waals surface area contributed by atoms with Gasteiger partial charge in [0.25, 0.3) is 5.91 Å². The molecule has 0 unspecified atom stereocenters. The highest BCUT2D eigenvalue weighted by molar-refractivity contribution is 6.02. The molecular formula is C18H20N2O2. The van der Waals surface area contributed by atoms with Crippen LogP contribution < -0.4 is 5.43 Å². The third kappa shape index (κ3) is 3.73. The van der Waals surface area contributed by atoms with Crippen molar-refractivity contribution in [1.29, 1.82) is 0 Å². The van der Waals surface area contributed by atoms with Crippen LogP contribution in [0.2, 0.25) is 0 Å². The molecule has 2 aromatic carbocycles. The molecule has 2 rings (SSSR count). The van der Waals surface area contributed by atoms with Crippen LogP contribution in [0.5, 0.6) is 5.75 Å². The number of carbonyl (C=O) groups excluding carboxylic acids is 1. The van der Waals surface area contributed by atoms with E-state index >= 15 is 0 Å². The molecule has 2 aromatic rings. The minimum Gasteiger partial charge on any atom is -0.507 e. The SMILES string of the molecule is CC(=NNC(=O)c1ccc(C(C)C)cc1)c1ccccc1O. The maximum Gasteiger partial charge on any atom is 0.271 e. The maximum atomic E-state index is 12.1. The van der Waals surface area contributed by atoms with Crippen LogP contribution in [0.4, 0.5) is 0 Å². The number of benzene rings is 2. The van der Waals surface area contributed by atoms with Crippen LogP contribution >= 0.6 is 0 Å². The summed E-state index contributed by atoms with van der Waals surface area (Å²) < 4.78 is 0. The van der Waals surface area contributed by atoms with E-state index in [1.807, 2.05) is 12.1 Å². The van der Waals surface area contributed by atoms with Crippen molar-refractivity contribution >= 4 is 11.6 Å². The molecule has 0 atom stereocenters. The van der Waals surface area contributed by atoms with Crippen molar-refractivity contribution in [3.05, 3.63) is 65.2 Å². The van der Waals surface area contributed by atoms with Gasteiger partial charge in [0.1, 0.15) is 5.75 Å². The van der Waals surface area contributed by atoms with Crippen molar-refractivity contribution in [3.63, 3.8) is 0 Å². The van der Waals surface area contributed by atoms with Crippen molar-refractivity contribution in [3.8, 4) is 5.75 Å². The molecule has 0 saturated heterocycles. The molecule has 22 heavy (non-hydrogen) atoms. The van der Waals surface area contributed by atoms with Gasteiger partial charge in [0.05, 0.1) is 5.71 Å². The van der Waals surface area contributed by atoms with E-state index < -0.39 is 0 Å². The van der Waals surface area contributed by atoms with Gasteiger partial charge in [0.2, 0.25) is 0 Å². The van der Waals surface area contributed by atoms with Gasteiger partial charge in [-0.05, 0) is 42.7 Å². The first-order valence-corrected chi connectivity index (χ1v) is 7.22. The maximum absolute atomic E-state index is 12.1. The number of nitrogens with one attached hydrogen (secondary N) is 1. The van der Waals surface area contributed by atoms with Crippen molar-refractivity contribution in [1.82, 2.24) is 5.43 Å². The third-order valence-electron chi connectivity index (χ3n) is 3.46. The molecule has 0 aliphatic rings. The van der Waals surface area contributed by atoms with Gasteiger partial charge in [-0.1, -0.05) is 38.1 Å². The van der Waals surface area contributed by atoms with Gasteiger partial charge in [-0.2, -0.15) is 5.10 Å². The number of hydrogen-bond donors (Lipinski definition) is 2. The highest BCUT2D eigenvalue weighted by atomic mass is 16.3. The first-order chi connectivity index (χ1) is 10.5. The Balaban J connectivity index is 2.09. The van der Waals surface area contributed by atoms with Gasteiger partial charge >= 0.3 is 0 Å². The van der Waals surface area contributed by atoms with Gasteiger partial charge < -0.3 is 5.11 Å². The lowest BCUT2D eigenvalue weighted by Gasteiger charge is -2.07. The zero-order valence-electron chi connectivity index (χ0n) is 13.0. The van der Waals surface area contributed by atoms with E-state index in [9.17, 15) is 9.90 Å². The highest BCUT2D eigenvalue weighted by Crippen LogP contribution is 2.16. The summed E-state index contributed by atoms with van der Waals surface area (Å²) in [6.07, 6.45) is 0. The predicted molar refractivity (Wildman–Crippen MR) is 88.3 cm³/mol. The zero-order chi connectivity index (χ0) is 16.1. The fourth-order valence-electron chi connectivity index (χ4n) is 2.06. The van der Waals surface area contributed by atoms with Gasteiger partial charge in [0, 0.05) is 11.1 Å². The van der Waals surface area contributed by atoms with Crippen LogP contribution in [0.1, 0.15) is 48.2 Å². The Morgan fingerprint density at radius 1 is 1.09 bits per heavy atom. The molecule has 0 fully saturated rings. The Bertz CT molecular complexity index is 688. The number of hydrazone groups is 1. The average molecular weight is 296 g/mol. The van der Waals surface area contributed by atoms with E-state index in [1.54, 1.807) is 43.3 Å². The number of phenols is 1. The standard InChI is InChI=1S/C18H20N2O2/c1-12(2)14-8-10-15(11-9-14)18(22)20-19-13(3)16-6-4-5-7-17(16)21/h4-12,21H,1-3H3,(H,20,22). The number of rotatable bonds is 4. The molecule has 0 spiro atoms. The fourth-order valence-corrected chi connectivity index (χ4v) is 2.06. The van der Waals surface area contributed by atoms with Crippen LogP contribution in [0.25, 0.3) is 0 Å². The van der Waals surface area contributed by atoms with Crippen molar-refractivity contribution in [2.45, 2.75) is 26.7 Å². The van der Waals surface area contributed by atoms with E-state index in [0.717, 1.165) is 0 Å². The average Bonchev–Trinajstić information content (AvgIpc) is 2.52. The van der Waals surface area contributed by atoms with E-state index in [4.69, 9.17) is 0 Å². The normalized spacial score (nSPS) is 11.5. The second kappa shape index (κ2) is 6.89. The topological polar surface area (TPSA) is 61.7 Å². The minimum atomic E-state index is -0.273. The van der Waals surface area contributed by atoms with E-state index in [-0.39, 0.29) is 11.7 Å². The number of nitrogens with zero attached hydrogens (tertiary/aromatic N) is 1. The first-order valence-electron chi connectivity index (χ1n) is 7.22. The summed E-state index contributed by atoms with van der Waals surface area (Å²) in [5.41, 5.74) is 5.39. The predicted octanol–water partition coefficient (Wildman–Crippen LogP) is 3.67. The van der Waals surface area contributed by atoms with Gasteiger partial charge in [-0.25, -0.2) is 5.43 Å². The second-order valence-corrected chi connectivity index (χ2v) is 5.43. The van der Waals surface area contributed by atoms with Crippen LogP contribution in [-0.4, -0.2) is 16.7 Å². The Morgan fingerprint density at radius 2 is 1.73 bits per heavy atom. The molecule has 0 aromatic heterocycles. The largest absolute Gasteiger partial charge is 0.507 e. The van der Waals surface area contributed by atoms with Gasteiger partial charge in [0.15, 0.2) is 0 Å². The molecule has 4 heteroatoms. The Kier molecular flexibility index (Phi) is 4.94. The van der Waals surface area contributed by atoms with Crippen LogP contribution in [0, 0.1) is 0 Å². The summed E-state index contributed by atoms with van der Waals surface area (Å²) >= 11 is 0. The van der Waals surface area contributed by atoms with Crippen molar-refractivity contribution < 1.29 is 9.90 Å². The van der Waals surface area contributed by atoms with Gasteiger partial charge in [-0.3, -0.25) is 4.79 Å². The van der Waals surface area contributed by atoms with Crippen molar-refractivity contribution in [2.24, 2.45) is 5.10 Å². The lowest BCUT2D eigenvalue weighted by Crippen LogP contribution is -2.19. The number of hydrogen-bond acceptors (Lipinski definition) is 3. The fraction of sp³-hybridized carbons (Fsp3) is 0.222. The number of aromatic hydroxyl groups is 1. The summed E-state index contributed by atoms with van der Waals surface area (Å²) in [4.78, 5) is 12.1. The molecule has 0 bridgehead atoms. The van der Waals surface area contributed by atoms with E-state index in [1.165, 1.54) is 5.56 Å². The number of carbonyl (C=O) groups is 1. The minimum absolute atomic E-state index is 0.138. The Hall–Kier alpha value is -2.62. The lowest BCUT2D eigenvalue weighted by atomic mass is 10.0. The van der Waals surface area contributed by atoms with E-state index in [2.05, 4.69) is 24.4 Å². The molecule has 0 heterocycles. The number of para-hydroxylation sites is 1. The van der Waals surface area contributed by atoms with Crippen LogP contribution in [-0.2, 0) is 0 Å². The second-order valence-electron chi connectivity index (χ2n) is 5.43. The highest BCUT2D eigenvalue weighted by Gasteiger charge is 2.07. The molecule has 114 valence electrons. The smallest absolute Gasteiger partial charge is 0.271 e. The molecule has 1 amide bonds. The quantitative estimate of drug-likeness (QED) is 0.668. The molecular weight excluding hydrogens is 276 g/mol. The summed E-state index contributed by atoms with van der Waals surface area (Å²) in [5, 5.41) is 13.8. The molecule has 0 saturated carbocycles. The number of phenolic OH excluding ortho intramolecular Hbond substituents is 1. The lowest BCUT2D eigenvalue weighted by molar-refractivity contribution is 0.0955. The zero-order valence-corrected chi connectivity index (χ0v) is 13.0. The van der Waals surface area contributed by atoms with Crippen LogP contribution in [0.3, 0.4) is 0 Å². The van der Waals surface area contributed by atoms with E-state index in [0.29, 0.717) is 22.8 Å². The monoisotopic (exact) mass is 296 g/mol. The molecule has 0 aliphatic heterocycles. The Morgan fingerprint density at radius 3 is 2.32 bits per heavy atom. The molecule has 4 nitrogen and oxygen atoms in total. The summed E-state index contributed by atoms with van der Waals surface area (Å²) in [6.45, 7) is 5.95. The molecule has 0 aliphatic carbocycles. The summed E-state index contributed by atoms with van der Waals surface area (Å²) in [6, 6.07) is 14.3. The summed E-state index contributed by atoms with van der Waals surface area (Å²) in [7, 11) is 0. The molecule has 0 radical (unpaired) electrons. The third-order valence-corrected chi connectivity index (χ3v) is 3.46.